The number of amides is 3. The fourth-order valence-corrected chi connectivity index (χ4v) is 5.03. The molecule has 9 heteroatoms. The average Bonchev–Trinajstić information content (AvgIpc) is 3.39. The van der Waals surface area contributed by atoms with Crippen LogP contribution < -0.4 is 15.4 Å². The predicted molar refractivity (Wildman–Crippen MR) is 125 cm³/mol. The van der Waals surface area contributed by atoms with Crippen LogP contribution in [0, 0.1) is 0 Å². The number of ether oxygens (including phenoxy) is 2. The van der Waals surface area contributed by atoms with Crippen molar-refractivity contribution in [2.45, 2.75) is 57.7 Å². The molecular weight excluding hydrogens is 424 g/mol. The summed E-state index contributed by atoms with van der Waals surface area (Å²) in [6.45, 7) is 4.03. The van der Waals surface area contributed by atoms with Crippen molar-refractivity contribution in [1.82, 2.24) is 14.8 Å². The lowest BCUT2D eigenvalue weighted by atomic mass is 9.94. The molecule has 2 N–H and O–H groups in total. The highest BCUT2D eigenvalue weighted by atomic mass is 16.5. The fraction of sp³-hybridized carbons (Fsp3) is 0.542. The molecule has 178 valence electrons. The minimum Gasteiger partial charge on any atom is -0.497 e. The summed E-state index contributed by atoms with van der Waals surface area (Å²) in [5.41, 5.74) is 0.442. The molecule has 0 saturated heterocycles. The minimum absolute atomic E-state index is 0.135. The zero-order valence-corrected chi connectivity index (χ0v) is 19.7. The van der Waals surface area contributed by atoms with Crippen molar-refractivity contribution in [2.24, 2.45) is 0 Å². The van der Waals surface area contributed by atoms with E-state index >= 15 is 0 Å². The number of anilines is 1. The molecule has 4 rings (SSSR count). The lowest BCUT2D eigenvalue weighted by Gasteiger charge is -2.44. The first kappa shape index (κ1) is 23.1. The Bertz CT molecular complexity index is 1090. The molecule has 33 heavy (non-hydrogen) atoms. The van der Waals surface area contributed by atoms with Crippen molar-refractivity contribution in [1.29, 1.82) is 0 Å². The second kappa shape index (κ2) is 9.05. The third kappa shape index (κ3) is 4.06. The van der Waals surface area contributed by atoms with E-state index in [-0.39, 0.29) is 36.9 Å². The van der Waals surface area contributed by atoms with E-state index in [1.165, 1.54) is 6.92 Å². The number of nitrogens with zero attached hydrogens (tertiary/aromatic N) is 2. The minimum atomic E-state index is -1.11. The van der Waals surface area contributed by atoms with Crippen molar-refractivity contribution >= 4 is 34.3 Å². The number of carbonyl (C=O) groups is 3. The third-order valence-corrected chi connectivity index (χ3v) is 6.78. The van der Waals surface area contributed by atoms with E-state index in [1.807, 2.05) is 16.7 Å². The Morgan fingerprint density at radius 2 is 1.94 bits per heavy atom. The predicted octanol–water partition coefficient (Wildman–Crippen LogP) is 2.53. The quantitative estimate of drug-likeness (QED) is 0.667. The van der Waals surface area contributed by atoms with Gasteiger partial charge in [0.15, 0.2) is 0 Å². The van der Waals surface area contributed by atoms with Gasteiger partial charge in [-0.1, -0.05) is 12.8 Å². The molecule has 0 bridgehead atoms. The van der Waals surface area contributed by atoms with E-state index < -0.39 is 5.54 Å². The second-order valence-corrected chi connectivity index (χ2v) is 9.05. The van der Waals surface area contributed by atoms with Gasteiger partial charge in [0.05, 0.1) is 31.5 Å². The van der Waals surface area contributed by atoms with Gasteiger partial charge in [0.25, 0.3) is 5.91 Å². The maximum atomic E-state index is 13.9. The first-order valence-electron chi connectivity index (χ1n) is 11.4. The first-order valence-corrected chi connectivity index (χ1v) is 11.4. The number of benzene rings is 1. The number of carbonyl (C=O) groups excluding carboxylic acids is 3. The largest absolute Gasteiger partial charge is 0.497 e. The molecular formula is C24H32N4O5. The Kier molecular flexibility index (Phi) is 6.34. The van der Waals surface area contributed by atoms with Crippen molar-refractivity contribution in [2.75, 3.05) is 32.7 Å². The lowest BCUT2D eigenvalue weighted by molar-refractivity contribution is -0.133. The Labute approximate surface area is 193 Å². The summed E-state index contributed by atoms with van der Waals surface area (Å²) in [5, 5.41) is 6.70. The summed E-state index contributed by atoms with van der Waals surface area (Å²) in [5.74, 6) is -0.152. The summed E-state index contributed by atoms with van der Waals surface area (Å²) >= 11 is 0. The van der Waals surface area contributed by atoms with Crippen LogP contribution in [0.5, 0.6) is 5.75 Å². The standard InChI is InChI=1S/C24H32N4O5/c1-15(29)25-20-18-13-17(33-4)9-10-19(18)27-14-24(2,23(31)26-16-7-5-6-8-16)28(11-12-32-3)22(30)21(20)27/h9-10,13,16H,5-8,11-12,14H2,1-4H3,(H,25,29)(H,26,31). The highest BCUT2D eigenvalue weighted by Gasteiger charge is 2.49. The number of hydrogen-bond donors (Lipinski definition) is 2. The van der Waals surface area contributed by atoms with Gasteiger partial charge in [-0.05, 0) is 38.0 Å². The van der Waals surface area contributed by atoms with Gasteiger partial charge in [0, 0.05) is 32.0 Å². The smallest absolute Gasteiger partial charge is 0.273 e. The first-order chi connectivity index (χ1) is 15.8. The van der Waals surface area contributed by atoms with Crippen LogP contribution >= 0.6 is 0 Å². The molecule has 1 aliphatic carbocycles. The number of nitrogens with one attached hydrogen (secondary N) is 2. The van der Waals surface area contributed by atoms with Crippen LogP contribution in [0.4, 0.5) is 5.69 Å². The zero-order chi connectivity index (χ0) is 23.8. The summed E-state index contributed by atoms with van der Waals surface area (Å²) in [4.78, 5) is 41.1. The fourth-order valence-electron chi connectivity index (χ4n) is 5.03. The van der Waals surface area contributed by atoms with Gasteiger partial charge in [-0.15, -0.1) is 0 Å². The van der Waals surface area contributed by atoms with Crippen LogP contribution in [0.1, 0.15) is 50.0 Å². The zero-order valence-electron chi connectivity index (χ0n) is 19.7. The number of rotatable bonds is 7. The van der Waals surface area contributed by atoms with Crippen LogP contribution in [0.3, 0.4) is 0 Å². The Balaban J connectivity index is 1.85. The molecule has 2 heterocycles. The van der Waals surface area contributed by atoms with Gasteiger partial charge in [-0.2, -0.15) is 0 Å². The molecule has 0 radical (unpaired) electrons. The van der Waals surface area contributed by atoms with E-state index in [9.17, 15) is 14.4 Å². The average molecular weight is 457 g/mol. The van der Waals surface area contributed by atoms with Gasteiger partial charge in [-0.25, -0.2) is 0 Å². The molecule has 1 aromatic carbocycles. The molecule has 1 atom stereocenters. The maximum Gasteiger partial charge on any atom is 0.273 e. The molecule has 1 saturated carbocycles. The normalized spacial score (nSPS) is 20.7. The Morgan fingerprint density at radius 1 is 1.21 bits per heavy atom. The van der Waals surface area contributed by atoms with E-state index in [4.69, 9.17) is 9.47 Å². The molecule has 2 aromatic rings. The van der Waals surface area contributed by atoms with E-state index in [0.717, 1.165) is 31.2 Å². The van der Waals surface area contributed by atoms with Gasteiger partial charge >= 0.3 is 0 Å². The molecule has 2 aliphatic rings. The molecule has 1 fully saturated rings. The second-order valence-electron chi connectivity index (χ2n) is 9.05. The van der Waals surface area contributed by atoms with Crippen molar-refractivity contribution in [3.63, 3.8) is 0 Å². The molecule has 0 spiro atoms. The highest BCUT2D eigenvalue weighted by Crippen LogP contribution is 2.40. The molecule has 3 amide bonds. The lowest BCUT2D eigenvalue weighted by Crippen LogP contribution is -2.65. The molecule has 1 aliphatic heterocycles. The molecule has 9 nitrogen and oxygen atoms in total. The van der Waals surface area contributed by atoms with Crippen LogP contribution in [-0.4, -0.2) is 66.1 Å². The number of fused-ring (bicyclic) bond motifs is 3. The van der Waals surface area contributed by atoms with Crippen molar-refractivity contribution < 1.29 is 23.9 Å². The van der Waals surface area contributed by atoms with E-state index in [0.29, 0.717) is 29.1 Å². The third-order valence-electron chi connectivity index (χ3n) is 6.78. The van der Waals surface area contributed by atoms with Gasteiger partial charge in [0.2, 0.25) is 11.8 Å². The summed E-state index contributed by atoms with van der Waals surface area (Å²) < 4.78 is 12.5. The van der Waals surface area contributed by atoms with Gasteiger partial charge < -0.3 is 29.6 Å². The van der Waals surface area contributed by atoms with Crippen LogP contribution in [0.2, 0.25) is 0 Å². The Morgan fingerprint density at radius 3 is 2.58 bits per heavy atom. The van der Waals surface area contributed by atoms with Gasteiger partial charge in [-0.3, -0.25) is 14.4 Å². The highest BCUT2D eigenvalue weighted by molar-refractivity contribution is 6.14. The Hall–Kier alpha value is -3.07. The van der Waals surface area contributed by atoms with Crippen molar-refractivity contribution in [3.8, 4) is 5.75 Å². The summed E-state index contributed by atoms with van der Waals surface area (Å²) in [7, 11) is 3.13. The van der Waals surface area contributed by atoms with Crippen molar-refractivity contribution in [3.05, 3.63) is 23.9 Å². The van der Waals surface area contributed by atoms with Crippen LogP contribution in [0.25, 0.3) is 10.9 Å². The molecule has 1 unspecified atom stereocenters. The van der Waals surface area contributed by atoms with Crippen LogP contribution in [0.15, 0.2) is 18.2 Å². The topological polar surface area (TPSA) is 102 Å². The van der Waals surface area contributed by atoms with Gasteiger partial charge in [0.1, 0.15) is 17.0 Å². The summed E-state index contributed by atoms with van der Waals surface area (Å²) in [6, 6.07) is 5.60. The monoisotopic (exact) mass is 456 g/mol. The van der Waals surface area contributed by atoms with Crippen LogP contribution in [-0.2, 0) is 20.9 Å². The number of aromatic nitrogens is 1. The number of hydrogen-bond acceptors (Lipinski definition) is 5. The SMILES string of the molecule is COCCN1C(=O)c2c(NC(C)=O)c3cc(OC)ccc3n2CC1(C)C(=O)NC1CCCC1. The van der Waals surface area contributed by atoms with E-state index in [2.05, 4.69) is 10.6 Å². The molecule has 1 aromatic heterocycles. The maximum absolute atomic E-state index is 13.9. The van der Waals surface area contributed by atoms with E-state index in [1.54, 1.807) is 32.1 Å². The number of methoxy groups -OCH3 is 2. The summed E-state index contributed by atoms with van der Waals surface area (Å²) in [6.07, 6.45) is 4.11.